The lowest BCUT2D eigenvalue weighted by Gasteiger charge is -2.07. The Hall–Kier alpha value is -2.46. The van der Waals surface area contributed by atoms with Gasteiger partial charge in [-0.1, -0.05) is 0 Å². The van der Waals surface area contributed by atoms with E-state index in [-0.39, 0.29) is 17.1 Å². The third kappa shape index (κ3) is 3.55. The van der Waals surface area contributed by atoms with E-state index in [1.807, 2.05) is 0 Å². The molecule has 9 nitrogen and oxygen atoms in total. The molecule has 0 saturated carbocycles. The Kier molecular flexibility index (Phi) is 4.19. The smallest absolute Gasteiger partial charge is 0.293 e. The van der Waals surface area contributed by atoms with Crippen LogP contribution in [0.5, 0.6) is 0 Å². The van der Waals surface area contributed by atoms with Crippen molar-refractivity contribution in [3.05, 3.63) is 46.8 Å². The van der Waals surface area contributed by atoms with Gasteiger partial charge in [-0.2, -0.15) is 5.10 Å². The van der Waals surface area contributed by atoms with Gasteiger partial charge in [-0.25, -0.2) is 13.1 Å². The fraction of sp³-hybridized carbons (Fsp3) is 0.182. The largest absolute Gasteiger partial charge is 0.393 e. The first kappa shape index (κ1) is 14.9. The molecule has 1 heterocycles. The SMILES string of the molecule is Nc1ccc(S(=O)(=O)NCCn2cccn2)cc1[N+](=O)[O-]. The van der Waals surface area contributed by atoms with Gasteiger partial charge in [0.15, 0.2) is 0 Å². The first-order valence-electron chi connectivity index (χ1n) is 5.91. The maximum atomic E-state index is 12.0. The van der Waals surface area contributed by atoms with Gasteiger partial charge in [0.05, 0.1) is 16.4 Å². The van der Waals surface area contributed by atoms with Crippen LogP contribution in [0.1, 0.15) is 0 Å². The molecule has 1 aromatic heterocycles. The number of aromatic nitrogens is 2. The van der Waals surface area contributed by atoms with E-state index in [4.69, 9.17) is 5.73 Å². The molecule has 0 atom stereocenters. The summed E-state index contributed by atoms with van der Waals surface area (Å²) in [6.07, 6.45) is 3.28. The highest BCUT2D eigenvalue weighted by Crippen LogP contribution is 2.24. The van der Waals surface area contributed by atoms with E-state index in [0.717, 1.165) is 6.07 Å². The van der Waals surface area contributed by atoms with Crippen LogP contribution in [0, 0.1) is 10.1 Å². The summed E-state index contributed by atoms with van der Waals surface area (Å²) in [5.74, 6) is 0. The second kappa shape index (κ2) is 5.89. The number of nitrogen functional groups attached to an aromatic ring is 1. The van der Waals surface area contributed by atoms with Crippen molar-refractivity contribution in [1.29, 1.82) is 0 Å². The molecular weight excluding hydrogens is 298 g/mol. The highest BCUT2D eigenvalue weighted by molar-refractivity contribution is 7.89. The third-order valence-corrected chi connectivity index (χ3v) is 4.16. The molecular formula is C11H13N5O4S. The number of sulfonamides is 1. The number of nitrogens with one attached hydrogen (secondary N) is 1. The second-order valence-electron chi connectivity index (χ2n) is 4.14. The minimum atomic E-state index is -3.84. The van der Waals surface area contributed by atoms with E-state index in [2.05, 4.69) is 9.82 Å². The molecule has 0 saturated heterocycles. The van der Waals surface area contributed by atoms with Crippen LogP contribution >= 0.6 is 0 Å². The predicted octanol–water partition coefficient (Wildman–Crippen LogP) is 0.352. The van der Waals surface area contributed by atoms with Crippen LogP contribution in [0.3, 0.4) is 0 Å². The average molecular weight is 311 g/mol. The van der Waals surface area contributed by atoms with Gasteiger partial charge in [0.2, 0.25) is 10.0 Å². The normalized spacial score (nSPS) is 11.4. The maximum Gasteiger partial charge on any atom is 0.293 e. The second-order valence-corrected chi connectivity index (χ2v) is 5.91. The molecule has 0 aliphatic heterocycles. The van der Waals surface area contributed by atoms with Crippen molar-refractivity contribution in [2.75, 3.05) is 12.3 Å². The Bertz CT molecular complexity index is 742. The van der Waals surface area contributed by atoms with Crippen molar-refractivity contribution in [2.45, 2.75) is 11.4 Å². The van der Waals surface area contributed by atoms with E-state index in [9.17, 15) is 18.5 Å². The molecule has 1 aromatic carbocycles. The topological polar surface area (TPSA) is 133 Å². The summed E-state index contributed by atoms with van der Waals surface area (Å²) in [7, 11) is -3.84. The molecule has 0 aliphatic carbocycles. The number of anilines is 1. The van der Waals surface area contributed by atoms with Gasteiger partial charge >= 0.3 is 0 Å². The average Bonchev–Trinajstić information content (AvgIpc) is 2.91. The van der Waals surface area contributed by atoms with Gasteiger partial charge in [0.1, 0.15) is 5.69 Å². The summed E-state index contributed by atoms with van der Waals surface area (Å²) in [6.45, 7) is 0.464. The zero-order chi connectivity index (χ0) is 15.5. The summed E-state index contributed by atoms with van der Waals surface area (Å²) < 4.78 is 28.0. The zero-order valence-corrected chi connectivity index (χ0v) is 11.7. The molecule has 3 N–H and O–H groups in total. The molecule has 0 spiro atoms. The molecule has 0 fully saturated rings. The number of hydrogen-bond acceptors (Lipinski definition) is 6. The van der Waals surface area contributed by atoms with Crippen molar-refractivity contribution in [2.24, 2.45) is 0 Å². The number of nitrogens with two attached hydrogens (primary N) is 1. The molecule has 112 valence electrons. The van der Waals surface area contributed by atoms with Crippen LogP contribution in [-0.4, -0.2) is 29.7 Å². The minimum Gasteiger partial charge on any atom is -0.393 e. The minimum absolute atomic E-state index is 0.0875. The standard InChI is InChI=1S/C11H13N5O4S/c12-10-3-2-9(8-11(10)16(17)18)21(19,20)14-5-7-15-6-1-4-13-15/h1-4,6,8,14H,5,7,12H2. The maximum absolute atomic E-state index is 12.0. The summed E-state index contributed by atoms with van der Waals surface area (Å²) in [5, 5.41) is 14.7. The number of nitrogens with zero attached hydrogens (tertiary/aromatic N) is 3. The highest BCUT2D eigenvalue weighted by atomic mass is 32.2. The van der Waals surface area contributed by atoms with E-state index >= 15 is 0 Å². The number of benzene rings is 1. The quantitative estimate of drug-likeness (QED) is 0.449. The number of rotatable bonds is 6. The van der Waals surface area contributed by atoms with Crippen molar-refractivity contribution in [3.63, 3.8) is 0 Å². The van der Waals surface area contributed by atoms with Gasteiger partial charge < -0.3 is 5.73 Å². The van der Waals surface area contributed by atoms with Crippen LogP contribution in [-0.2, 0) is 16.6 Å². The number of hydrogen-bond donors (Lipinski definition) is 2. The Morgan fingerprint density at radius 3 is 2.81 bits per heavy atom. The molecule has 2 rings (SSSR count). The van der Waals surface area contributed by atoms with Crippen LogP contribution in [0.25, 0.3) is 0 Å². The molecule has 21 heavy (non-hydrogen) atoms. The predicted molar refractivity (Wildman–Crippen MR) is 74.9 cm³/mol. The van der Waals surface area contributed by atoms with Gasteiger partial charge in [-0.05, 0) is 18.2 Å². The summed E-state index contributed by atoms with van der Waals surface area (Å²) in [4.78, 5) is 9.84. The molecule has 0 amide bonds. The lowest BCUT2D eigenvalue weighted by Crippen LogP contribution is -2.27. The van der Waals surface area contributed by atoms with Crippen LogP contribution in [0.15, 0.2) is 41.6 Å². The zero-order valence-electron chi connectivity index (χ0n) is 10.8. The van der Waals surface area contributed by atoms with Crippen molar-refractivity contribution < 1.29 is 13.3 Å². The molecule has 2 aromatic rings. The Morgan fingerprint density at radius 1 is 1.43 bits per heavy atom. The number of nitro groups is 1. The van der Waals surface area contributed by atoms with Crippen LogP contribution in [0.2, 0.25) is 0 Å². The molecule has 0 bridgehead atoms. The van der Waals surface area contributed by atoms with E-state index in [1.165, 1.54) is 12.1 Å². The van der Waals surface area contributed by atoms with Gasteiger partial charge in [-0.3, -0.25) is 14.8 Å². The molecule has 0 radical (unpaired) electrons. The summed E-state index contributed by atoms with van der Waals surface area (Å²) >= 11 is 0. The van der Waals surface area contributed by atoms with E-state index < -0.39 is 20.6 Å². The Balaban J connectivity index is 2.12. The Labute approximate surface area is 120 Å². The number of nitro benzene ring substituents is 1. The lowest BCUT2D eigenvalue weighted by molar-refractivity contribution is -0.384. The lowest BCUT2D eigenvalue weighted by atomic mass is 10.3. The van der Waals surface area contributed by atoms with Crippen molar-refractivity contribution in [3.8, 4) is 0 Å². The highest BCUT2D eigenvalue weighted by Gasteiger charge is 2.19. The van der Waals surface area contributed by atoms with E-state index in [1.54, 1.807) is 23.1 Å². The van der Waals surface area contributed by atoms with Gasteiger partial charge in [0, 0.05) is 25.0 Å². The molecule has 0 unspecified atom stereocenters. The summed E-state index contributed by atoms with van der Waals surface area (Å²) in [6, 6.07) is 5.07. The Morgan fingerprint density at radius 2 is 2.19 bits per heavy atom. The van der Waals surface area contributed by atoms with Gasteiger partial charge in [0.25, 0.3) is 5.69 Å². The molecule has 0 aliphatic rings. The monoisotopic (exact) mass is 311 g/mol. The van der Waals surface area contributed by atoms with Crippen LogP contribution < -0.4 is 10.5 Å². The fourth-order valence-electron chi connectivity index (χ4n) is 1.66. The first-order chi connectivity index (χ1) is 9.90. The van der Waals surface area contributed by atoms with Crippen molar-refractivity contribution >= 4 is 21.4 Å². The van der Waals surface area contributed by atoms with E-state index in [0.29, 0.717) is 6.54 Å². The van der Waals surface area contributed by atoms with Crippen molar-refractivity contribution in [1.82, 2.24) is 14.5 Å². The summed E-state index contributed by atoms with van der Waals surface area (Å²) in [5.41, 5.74) is 4.90. The fourth-order valence-corrected chi connectivity index (χ4v) is 2.70. The van der Waals surface area contributed by atoms with Gasteiger partial charge in [-0.15, -0.1) is 0 Å². The first-order valence-corrected chi connectivity index (χ1v) is 7.39. The molecule has 10 heteroatoms. The van der Waals surface area contributed by atoms with Crippen LogP contribution in [0.4, 0.5) is 11.4 Å². The third-order valence-electron chi connectivity index (χ3n) is 2.70.